The summed E-state index contributed by atoms with van der Waals surface area (Å²) in [7, 11) is 1.60. The molecular formula is C16H23NO3. The van der Waals surface area contributed by atoms with Crippen molar-refractivity contribution in [3.8, 4) is 0 Å². The van der Waals surface area contributed by atoms with Gasteiger partial charge in [-0.05, 0) is 37.5 Å². The zero-order valence-corrected chi connectivity index (χ0v) is 12.5. The molecule has 0 N–H and O–H groups in total. The Hall–Kier alpha value is -1.84. The van der Waals surface area contributed by atoms with Gasteiger partial charge in [-0.15, -0.1) is 0 Å². The third kappa shape index (κ3) is 5.03. The number of carbonyl (C=O) groups excluding carboxylic acids is 2. The van der Waals surface area contributed by atoms with E-state index in [1.54, 1.807) is 14.0 Å². The molecule has 0 aliphatic carbocycles. The minimum Gasteiger partial charge on any atom is -0.465 e. The molecule has 1 amide bonds. The van der Waals surface area contributed by atoms with Crippen LogP contribution < -0.4 is 0 Å². The summed E-state index contributed by atoms with van der Waals surface area (Å²) in [6.45, 7) is 4.20. The molecule has 0 heterocycles. The number of benzene rings is 1. The maximum atomic E-state index is 12.1. The summed E-state index contributed by atoms with van der Waals surface area (Å²) < 4.78 is 4.83. The minimum atomic E-state index is -0.386. The fraction of sp³-hybridized carbons (Fsp3) is 0.500. The Labute approximate surface area is 120 Å². The van der Waals surface area contributed by atoms with E-state index in [1.807, 2.05) is 24.3 Å². The summed E-state index contributed by atoms with van der Waals surface area (Å²) >= 11 is 0. The van der Waals surface area contributed by atoms with Gasteiger partial charge >= 0.3 is 5.97 Å². The second kappa shape index (κ2) is 8.35. The molecule has 0 bridgehead atoms. The molecule has 0 aliphatic rings. The van der Waals surface area contributed by atoms with Crippen molar-refractivity contribution in [2.75, 3.05) is 20.2 Å². The Kier molecular flexibility index (Phi) is 6.77. The number of amides is 1. The van der Waals surface area contributed by atoms with Crippen LogP contribution in [0.2, 0.25) is 0 Å². The Morgan fingerprint density at radius 3 is 2.35 bits per heavy atom. The van der Waals surface area contributed by atoms with Crippen LogP contribution in [0.25, 0.3) is 0 Å². The van der Waals surface area contributed by atoms with Gasteiger partial charge in [0.2, 0.25) is 0 Å². The molecule has 110 valence electrons. The van der Waals surface area contributed by atoms with Crippen molar-refractivity contribution >= 4 is 11.9 Å². The van der Waals surface area contributed by atoms with E-state index in [-0.39, 0.29) is 18.4 Å². The molecule has 1 aromatic carbocycles. The number of ether oxygens (including phenoxy) is 1. The van der Waals surface area contributed by atoms with Crippen LogP contribution in [0, 0.1) is 0 Å². The Morgan fingerprint density at radius 2 is 1.80 bits per heavy atom. The zero-order chi connectivity index (χ0) is 15.0. The molecule has 0 spiro atoms. The number of likely N-dealkylation sites (N-methyl/N-ethyl adjacent to an activating group) is 1. The maximum absolute atomic E-state index is 12.1. The molecule has 1 aromatic rings. The Balaban J connectivity index is 2.60. The van der Waals surface area contributed by atoms with Crippen molar-refractivity contribution in [1.82, 2.24) is 4.90 Å². The van der Waals surface area contributed by atoms with Crippen molar-refractivity contribution in [1.29, 1.82) is 0 Å². The predicted octanol–water partition coefficient (Wildman–Crippen LogP) is 2.66. The summed E-state index contributed by atoms with van der Waals surface area (Å²) in [4.78, 5) is 24.8. The summed E-state index contributed by atoms with van der Waals surface area (Å²) in [6.07, 6.45) is 3.34. The van der Waals surface area contributed by atoms with Gasteiger partial charge in [0.1, 0.15) is 6.54 Å². The van der Waals surface area contributed by atoms with E-state index < -0.39 is 0 Å². The predicted molar refractivity (Wildman–Crippen MR) is 78.6 cm³/mol. The molecule has 0 aromatic heterocycles. The van der Waals surface area contributed by atoms with E-state index in [0.29, 0.717) is 12.2 Å². The Bertz CT molecular complexity index is 440. The average Bonchev–Trinajstić information content (AvgIpc) is 2.45. The fourth-order valence-corrected chi connectivity index (χ4v) is 1.89. The first-order chi connectivity index (χ1) is 9.58. The van der Waals surface area contributed by atoms with Crippen LogP contribution in [0.15, 0.2) is 24.3 Å². The van der Waals surface area contributed by atoms with E-state index >= 15 is 0 Å². The standard InChI is InChI=1S/C16H23NO3/c1-4-6-7-13-8-10-14(11-9-13)16(19)17(3)12-15(18)20-5-2/h8-11H,4-7,12H2,1-3H3. The summed E-state index contributed by atoms with van der Waals surface area (Å²) in [5.41, 5.74) is 1.83. The highest BCUT2D eigenvalue weighted by Gasteiger charge is 2.15. The fourth-order valence-electron chi connectivity index (χ4n) is 1.89. The van der Waals surface area contributed by atoms with Crippen molar-refractivity contribution < 1.29 is 14.3 Å². The van der Waals surface area contributed by atoms with E-state index in [2.05, 4.69) is 6.92 Å². The maximum Gasteiger partial charge on any atom is 0.325 e. The molecule has 4 nitrogen and oxygen atoms in total. The summed E-state index contributed by atoms with van der Waals surface area (Å²) in [5.74, 6) is -0.553. The smallest absolute Gasteiger partial charge is 0.325 e. The summed E-state index contributed by atoms with van der Waals surface area (Å²) in [5, 5.41) is 0. The molecule has 0 fully saturated rings. The molecule has 0 radical (unpaired) electrons. The lowest BCUT2D eigenvalue weighted by molar-refractivity contribution is -0.143. The SMILES string of the molecule is CCCCc1ccc(C(=O)N(C)CC(=O)OCC)cc1. The van der Waals surface area contributed by atoms with Crippen LogP contribution >= 0.6 is 0 Å². The van der Waals surface area contributed by atoms with Crippen LogP contribution in [0.5, 0.6) is 0 Å². The second-order valence-corrected chi connectivity index (χ2v) is 4.77. The van der Waals surface area contributed by atoms with Crippen LogP contribution in [0.1, 0.15) is 42.6 Å². The summed E-state index contributed by atoms with van der Waals surface area (Å²) in [6, 6.07) is 7.58. The van der Waals surface area contributed by atoms with Gasteiger partial charge < -0.3 is 9.64 Å². The topological polar surface area (TPSA) is 46.6 Å². The van der Waals surface area contributed by atoms with Crippen molar-refractivity contribution in [2.24, 2.45) is 0 Å². The number of esters is 1. The van der Waals surface area contributed by atoms with Gasteiger partial charge in [-0.2, -0.15) is 0 Å². The quantitative estimate of drug-likeness (QED) is 0.720. The number of hydrogen-bond donors (Lipinski definition) is 0. The molecular weight excluding hydrogens is 254 g/mol. The van der Waals surface area contributed by atoms with Crippen LogP contribution in [-0.2, 0) is 16.0 Å². The Morgan fingerprint density at radius 1 is 1.15 bits per heavy atom. The van der Waals surface area contributed by atoms with Gasteiger partial charge in [-0.25, -0.2) is 0 Å². The van der Waals surface area contributed by atoms with Crippen molar-refractivity contribution in [2.45, 2.75) is 33.1 Å². The lowest BCUT2D eigenvalue weighted by Gasteiger charge is -2.16. The molecule has 1 rings (SSSR count). The molecule has 0 saturated heterocycles. The van der Waals surface area contributed by atoms with E-state index in [0.717, 1.165) is 19.3 Å². The van der Waals surface area contributed by atoms with E-state index in [9.17, 15) is 9.59 Å². The van der Waals surface area contributed by atoms with Crippen LogP contribution in [0.4, 0.5) is 0 Å². The highest BCUT2D eigenvalue weighted by atomic mass is 16.5. The van der Waals surface area contributed by atoms with Gasteiger partial charge in [0, 0.05) is 12.6 Å². The van der Waals surface area contributed by atoms with Gasteiger partial charge in [0.05, 0.1) is 6.61 Å². The third-order valence-electron chi connectivity index (χ3n) is 3.04. The second-order valence-electron chi connectivity index (χ2n) is 4.77. The van der Waals surface area contributed by atoms with Gasteiger partial charge in [-0.1, -0.05) is 25.5 Å². The van der Waals surface area contributed by atoms with Crippen molar-refractivity contribution in [3.63, 3.8) is 0 Å². The monoisotopic (exact) mass is 277 g/mol. The normalized spacial score (nSPS) is 10.2. The number of aryl methyl sites for hydroxylation is 1. The molecule has 20 heavy (non-hydrogen) atoms. The molecule has 0 atom stereocenters. The van der Waals surface area contributed by atoms with E-state index in [4.69, 9.17) is 4.74 Å². The number of unbranched alkanes of at least 4 members (excludes halogenated alkanes) is 1. The first kappa shape index (κ1) is 16.2. The molecule has 4 heteroatoms. The largest absolute Gasteiger partial charge is 0.465 e. The highest BCUT2D eigenvalue weighted by molar-refractivity contribution is 5.95. The van der Waals surface area contributed by atoms with Gasteiger partial charge in [0.15, 0.2) is 0 Å². The van der Waals surface area contributed by atoms with Gasteiger partial charge in [-0.3, -0.25) is 9.59 Å². The number of nitrogens with zero attached hydrogens (tertiary/aromatic N) is 1. The highest BCUT2D eigenvalue weighted by Crippen LogP contribution is 2.09. The first-order valence-electron chi connectivity index (χ1n) is 7.08. The van der Waals surface area contributed by atoms with Gasteiger partial charge in [0.25, 0.3) is 5.91 Å². The number of hydrogen-bond acceptors (Lipinski definition) is 3. The average molecular weight is 277 g/mol. The molecule has 0 saturated carbocycles. The van der Waals surface area contributed by atoms with Crippen LogP contribution in [0.3, 0.4) is 0 Å². The first-order valence-corrected chi connectivity index (χ1v) is 7.08. The van der Waals surface area contributed by atoms with Crippen molar-refractivity contribution in [3.05, 3.63) is 35.4 Å². The van der Waals surface area contributed by atoms with E-state index in [1.165, 1.54) is 10.5 Å². The third-order valence-corrected chi connectivity index (χ3v) is 3.04. The van der Waals surface area contributed by atoms with Crippen LogP contribution in [-0.4, -0.2) is 37.0 Å². The number of carbonyl (C=O) groups is 2. The zero-order valence-electron chi connectivity index (χ0n) is 12.5. The minimum absolute atomic E-state index is 0.0236. The molecule has 0 aliphatic heterocycles. The lowest BCUT2D eigenvalue weighted by Crippen LogP contribution is -2.33. The number of rotatable bonds is 7. The lowest BCUT2D eigenvalue weighted by atomic mass is 10.1. The molecule has 0 unspecified atom stereocenters.